The van der Waals surface area contributed by atoms with Crippen molar-refractivity contribution in [2.45, 2.75) is 12.5 Å². The summed E-state index contributed by atoms with van der Waals surface area (Å²) in [5.41, 5.74) is 6.54. The summed E-state index contributed by atoms with van der Waals surface area (Å²) in [7, 11) is 0. The zero-order valence-electron chi connectivity index (χ0n) is 7.03. The van der Waals surface area contributed by atoms with Crippen LogP contribution in [0, 0.1) is 0 Å². The quantitative estimate of drug-likeness (QED) is 0.508. The van der Waals surface area contributed by atoms with E-state index in [-0.39, 0.29) is 12.6 Å². The van der Waals surface area contributed by atoms with Gasteiger partial charge in [0.05, 0.1) is 6.33 Å². The smallest absolute Gasteiger partial charge is 0.404 e. The number of hydrogen-bond donors (Lipinski definition) is 4. The van der Waals surface area contributed by atoms with Crippen LogP contribution in [0.3, 0.4) is 0 Å². The molecule has 1 atom stereocenters. The lowest BCUT2D eigenvalue weighted by Gasteiger charge is -2.09. The monoisotopic (exact) mass is 184 g/mol. The first-order valence-electron chi connectivity index (χ1n) is 3.88. The summed E-state index contributed by atoms with van der Waals surface area (Å²) in [5, 5.41) is 10.5. The normalized spacial score (nSPS) is 12.4. The minimum absolute atomic E-state index is 0.225. The molecule has 1 aromatic heterocycles. The third-order valence-corrected chi connectivity index (χ3v) is 1.55. The zero-order chi connectivity index (χ0) is 9.68. The van der Waals surface area contributed by atoms with Gasteiger partial charge in [0.15, 0.2) is 0 Å². The number of aromatic nitrogens is 2. The van der Waals surface area contributed by atoms with Gasteiger partial charge < -0.3 is 21.1 Å². The molecule has 5 N–H and O–H groups in total. The first kappa shape index (κ1) is 9.53. The van der Waals surface area contributed by atoms with E-state index in [0.29, 0.717) is 6.42 Å². The average Bonchev–Trinajstić information content (AvgIpc) is 2.53. The third-order valence-electron chi connectivity index (χ3n) is 1.55. The topological polar surface area (TPSA) is 104 Å². The van der Waals surface area contributed by atoms with Gasteiger partial charge in [-0.2, -0.15) is 0 Å². The molecule has 0 aromatic carbocycles. The maximum atomic E-state index is 10.1. The fraction of sp³-hybridized carbons (Fsp3) is 0.429. The highest BCUT2D eigenvalue weighted by Crippen LogP contribution is 1.94. The number of nitrogens with one attached hydrogen (secondary N) is 2. The highest BCUT2D eigenvalue weighted by Gasteiger charge is 2.05. The Morgan fingerprint density at radius 1 is 1.85 bits per heavy atom. The summed E-state index contributed by atoms with van der Waals surface area (Å²) in [5.74, 6) is 0. The highest BCUT2D eigenvalue weighted by molar-refractivity contribution is 5.64. The van der Waals surface area contributed by atoms with Crippen molar-refractivity contribution in [3.63, 3.8) is 0 Å². The Hall–Kier alpha value is -1.56. The second-order valence-electron chi connectivity index (χ2n) is 2.73. The molecule has 0 saturated heterocycles. The van der Waals surface area contributed by atoms with Crippen molar-refractivity contribution in [3.8, 4) is 0 Å². The molecule has 0 saturated carbocycles. The number of rotatable bonds is 4. The second-order valence-corrected chi connectivity index (χ2v) is 2.73. The van der Waals surface area contributed by atoms with E-state index >= 15 is 0 Å². The number of amides is 1. The van der Waals surface area contributed by atoms with Crippen molar-refractivity contribution in [3.05, 3.63) is 18.2 Å². The van der Waals surface area contributed by atoms with Crippen molar-refractivity contribution in [1.82, 2.24) is 15.3 Å². The minimum Gasteiger partial charge on any atom is -0.465 e. The van der Waals surface area contributed by atoms with Crippen LogP contribution in [0.4, 0.5) is 4.79 Å². The van der Waals surface area contributed by atoms with Crippen molar-refractivity contribution >= 4 is 6.09 Å². The summed E-state index contributed by atoms with van der Waals surface area (Å²) in [6, 6.07) is -0.225. The van der Waals surface area contributed by atoms with Gasteiger partial charge >= 0.3 is 6.09 Å². The fourth-order valence-corrected chi connectivity index (χ4v) is 0.969. The van der Waals surface area contributed by atoms with Gasteiger partial charge in [0.25, 0.3) is 0 Å². The van der Waals surface area contributed by atoms with E-state index in [1.807, 2.05) is 0 Å². The summed E-state index contributed by atoms with van der Waals surface area (Å²) in [6.07, 6.45) is 2.76. The van der Waals surface area contributed by atoms with Gasteiger partial charge in [-0.05, 0) is 0 Å². The molecule has 0 fully saturated rings. The molecule has 13 heavy (non-hydrogen) atoms. The van der Waals surface area contributed by atoms with Gasteiger partial charge in [-0.15, -0.1) is 0 Å². The Balaban J connectivity index is 2.25. The van der Waals surface area contributed by atoms with Crippen LogP contribution < -0.4 is 11.1 Å². The van der Waals surface area contributed by atoms with Crippen molar-refractivity contribution in [1.29, 1.82) is 0 Å². The molecule has 1 aromatic rings. The van der Waals surface area contributed by atoms with Crippen LogP contribution in [0.1, 0.15) is 5.69 Å². The van der Waals surface area contributed by atoms with E-state index < -0.39 is 6.09 Å². The summed E-state index contributed by atoms with van der Waals surface area (Å²) < 4.78 is 0. The largest absolute Gasteiger partial charge is 0.465 e. The van der Waals surface area contributed by atoms with Crippen LogP contribution in [0.25, 0.3) is 0 Å². The Morgan fingerprint density at radius 2 is 2.62 bits per heavy atom. The van der Waals surface area contributed by atoms with E-state index in [0.717, 1.165) is 5.69 Å². The Labute approximate surface area is 75.2 Å². The van der Waals surface area contributed by atoms with Crippen LogP contribution in [-0.2, 0) is 6.42 Å². The molecule has 72 valence electrons. The number of H-pyrrole nitrogens is 1. The summed E-state index contributed by atoms with van der Waals surface area (Å²) >= 11 is 0. The number of imidazole rings is 1. The van der Waals surface area contributed by atoms with Crippen LogP contribution in [0.15, 0.2) is 12.5 Å². The SMILES string of the molecule is N[C@H](CNC(=O)O)Cc1cnc[nH]1. The maximum Gasteiger partial charge on any atom is 0.404 e. The van der Waals surface area contributed by atoms with Gasteiger partial charge in [-0.1, -0.05) is 0 Å². The van der Waals surface area contributed by atoms with Gasteiger partial charge in [0, 0.05) is 30.9 Å². The lowest BCUT2D eigenvalue weighted by molar-refractivity contribution is 0.193. The molecule has 1 amide bonds. The fourth-order valence-electron chi connectivity index (χ4n) is 0.969. The number of nitrogens with two attached hydrogens (primary N) is 1. The van der Waals surface area contributed by atoms with Crippen molar-refractivity contribution in [2.75, 3.05) is 6.54 Å². The van der Waals surface area contributed by atoms with Crippen molar-refractivity contribution in [2.24, 2.45) is 5.73 Å². The molecule has 0 radical (unpaired) electrons. The van der Waals surface area contributed by atoms with Crippen LogP contribution in [0.5, 0.6) is 0 Å². The lowest BCUT2D eigenvalue weighted by atomic mass is 10.2. The molecule has 0 spiro atoms. The van der Waals surface area contributed by atoms with Gasteiger partial charge in [-0.25, -0.2) is 9.78 Å². The molecule has 0 unspecified atom stereocenters. The molecule has 6 nitrogen and oxygen atoms in total. The molecule has 0 aliphatic rings. The van der Waals surface area contributed by atoms with E-state index in [9.17, 15) is 4.79 Å². The third kappa shape index (κ3) is 3.57. The van der Waals surface area contributed by atoms with Crippen LogP contribution in [0.2, 0.25) is 0 Å². The van der Waals surface area contributed by atoms with Crippen LogP contribution in [-0.4, -0.2) is 33.8 Å². The van der Waals surface area contributed by atoms with E-state index in [4.69, 9.17) is 10.8 Å². The van der Waals surface area contributed by atoms with Gasteiger partial charge in [0.1, 0.15) is 0 Å². The molecule has 1 heterocycles. The maximum absolute atomic E-state index is 10.1. The molecular weight excluding hydrogens is 172 g/mol. The Morgan fingerprint density at radius 3 is 3.15 bits per heavy atom. The Kier molecular flexibility index (Phi) is 3.27. The molecule has 0 aliphatic heterocycles. The first-order chi connectivity index (χ1) is 6.18. The standard InChI is InChI=1S/C7H12N4O2/c8-5(2-10-7(12)13)1-6-3-9-4-11-6/h3-5,10H,1-2,8H2,(H,9,11)(H,12,13)/t5-/m0/s1. The number of nitrogens with zero attached hydrogens (tertiary/aromatic N) is 1. The lowest BCUT2D eigenvalue weighted by Crippen LogP contribution is -2.37. The first-order valence-corrected chi connectivity index (χ1v) is 3.88. The predicted octanol–water partition coefficient (Wildman–Crippen LogP) is -0.453. The molecule has 0 aliphatic carbocycles. The molecule has 6 heteroatoms. The molecule has 0 bridgehead atoms. The number of aromatic amines is 1. The second kappa shape index (κ2) is 4.46. The van der Waals surface area contributed by atoms with Crippen molar-refractivity contribution < 1.29 is 9.90 Å². The predicted molar refractivity (Wildman–Crippen MR) is 46.3 cm³/mol. The number of carbonyl (C=O) groups is 1. The summed E-state index contributed by atoms with van der Waals surface area (Å²) in [6.45, 7) is 0.244. The van der Waals surface area contributed by atoms with E-state index in [2.05, 4.69) is 15.3 Å². The van der Waals surface area contributed by atoms with E-state index in [1.54, 1.807) is 12.5 Å². The number of carboxylic acid groups (broad SMARTS) is 1. The number of hydrogen-bond acceptors (Lipinski definition) is 3. The molecule has 1 rings (SSSR count). The van der Waals surface area contributed by atoms with Gasteiger partial charge in [-0.3, -0.25) is 0 Å². The molecular formula is C7H12N4O2. The highest BCUT2D eigenvalue weighted by atomic mass is 16.4. The minimum atomic E-state index is -1.06. The Bertz CT molecular complexity index is 259. The van der Waals surface area contributed by atoms with E-state index in [1.165, 1.54) is 0 Å². The van der Waals surface area contributed by atoms with Crippen LogP contribution >= 0.6 is 0 Å². The zero-order valence-corrected chi connectivity index (χ0v) is 7.03. The van der Waals surface area contributed by atoms with Gasteiger partial charge in [0.2, 0.25) is 0 Å². The average molecular weight is 184 g/mol. The summed E-state index contributed by atoms with van der Waals surface area (Å²) in [4.78, 5) is 16.8.